The largest absolute Gasteiger partial charge is 0.355 e. The summed E-state index contributed by atoms with van der Waals surface area (Å²) < 4.78 is 0. The molecule has 0 saturated heterocycles. The molecule has 2 aromatic carbocycles. The zero-order valence-corrected chi connectivity index (χ0v) is 16.7. The molecule has 6 heteroatoms. The Morgan fingerprint density at radius 1 is 1.17 bits per heavy atom. The van der Waals surface area contributed by atoms with E-state index < -0.39 is 5.54 Å². The van der Waals surface area contributed by atoms with Crippen molar-refractivity contribution >= 4 is 28.5 Å². The van der Waals surface area contributed by atoms with Crippen LogP contribution >= 0.6 is 0 Å². The first-order valence-electron chi connectivity index (χ1n) is 10.1. The number of urea groups is 1. The number of H-pyrrole nitrogens is 1. The molecule has 0 radical (unpaired) electrons. The molecule has 1 spiro atoms. The molecular formula is C23H24N4O2. The summed E-state index contributed by atoms with van der Waals surface area (Å²) >= 11 is 0. The van der Waals surface area contributed by atoms with Gasteiger partial charge >= 0.3 is 6.03 Å². The first-order chi connectivity index (χ1) is 14.1. The fraction of sp³-hybridized carbons (Fsp3) is 0.304. The van der Waals surface area contributed by atoms with Gasteiger partial charge in [-0.25, -0.2) is 4.79 Å². The summed E-state index contributed by atoms with van der Waals surface area (Å²) in [6.45, 7) is 3.08. The number of hydrogen-bond acceptors (Lipinski definition) is 2. The van der Waals surface area contributed by atoms with Crippen molar-refractivity contribution in [1.29, 1.82) is 0 Å². The highest BCUT2D eigenvalue weighted by atomic mass is 16.2. The van der Waals surface area contributed by atoms with E-state index in [1.165, 1.54) is 0 Å². The zero-order valence-electron chi connectivity index (χ0n) is 16.7. The molecule has 6 nitrogen and oxygen atoms in total. The number of amides is 3. The first kappa shape index (κ1) is 17.8. The van der Waals surface area contributed by atoms with Gasteiger partial charge in [0.05, 0.1) is 5.69 Å². The van der Waals surface area contributed by atoms with Crippen LogP contribution in [0.1, 0.15) is 30.2 Å². The molecule has 0 unspecified atom stereocenters. The second kappa shape index (κ2) is 6.37. The van der Waals surface area contributed by atoms with Gasteiger partial charge < -0.3 is 20.1 Å². The molecule has 0 aliphatic carbocycles. The number of para-hydroxylation sites is 2. The number of rotatable bonds is 2. The number of aromatic nitrogens is 1. The molecule has 0 fully saturated rings. The van der Waals surface area contributed by atoms with E-state index in [-0.39, 0.29) is 11.9 Å². The lowest BCUT2D eigenvalue weighted by molar-refractivity contribution is -0.126. The number of fused-ring (bicyclic) bond motifs is 6. The molecule has 2 aliphatic heterocycles. The van der Waals surface area contributed by atoms with E-state index in [0.717, 1.165) is 39.8 Å². The SMILES string of the molecule is CCCNC(=O)N1CCc2c([nH]c3ccccc23)[C@@]12C(=O)N(C)c1ccccc12. The minimum Gasteiger partial charge on any atom is -0.355 e. The number of hydrogen-bond donors (Lipinski definition) is 2. The van der Waals surface area contributed by atoms with E-state index in [9.17, 15) is 9.59 Å². The number of carbonyl (C=O) groups excluding carboxylic acids is 2. The Hall–Kier alpha value is -3.28. The van der Waals surface area contributed by atoms with Crippen molar-refractivity contribution in [2.75, 3.05) is 25.0 Å². The smallest absolute Gasteiger partial charge is 0.318 e. The highest BCUT2D eigenvalue weighted by Gasteiger charge is 2.60. The normalized spacial score (nSPS) is 20.3. The van der Waals surface area contributed by atoms with Gasteiger partial charge in [-0.1, -0.05) is 43.3 Å². The highest BCUT2D eigenvalue weighted by molar-refractivity contribution is 6.12. The quantitative estimate of drug-likeness (QED) is 0.707. The molecule has 1 aromatic heterocycles. The van der Waals surface area contributed by atoms with E-state index in [0.29, 0.717) is 19.5 Å². The lowest BCUT2D eigenvalue weighted by Gasteiger charge is -2.43. The fourth-order valence-corrected chi connectivity index (χ4v) is 4.92. The molecule has 2 N–H and O–H groups in total. The van der Waals surface area contributed by atoms with Crippen molar-refractivity contribution in [3.05, 3.63) is 65.4 Å². The fourth-order valence-electron chi connectivity index (χ4n) is 4.92. The maximum atomic E-state index is 13.9. The second-order valence-corrected chi connectivity index (χ2v) is 7.75. The van der Waals surface area contributed by atoms with Gasteiger partial charge in [0.25, 0.3) is 5.91 Å². The van der Waals surface area contributed by atoms with E-state index in [2.05, 4.69) is 16.4 Å². The van der Waals surface area contributed by atoms with E-state index in [1.54, 1.807) is 16.8 Å². The average molecular weight is 388 g/mol. The van der Waals surface area contributed by atoms with E-state index in [4.69, 9.17) is 0 Å². The van der Waals surface area contributed by atoms with Crippen molar-refractivity contribution in [2.24, 2.45) is 0 Å². The molecule has 0 bridgehead atoms. The van der Waals surface area contributed by atoms with Gasteiger partial charge in [-0.15, -0.1) is 0 Å². The number of nitrogens with zero attached hydrogens (tertiary/aromatic N) is 2. The number of likely N-dealkylation sites (N-methyl/N-ethyl adjacent to an activating group) is 1. The lowest BCUT2D eigenvalue weighted by Crippen LogP contribution is -2.61. The van der Waals surface area contributed by atoms with Gasteiger partial charge in [0, 0.05) is 42.3 Å². The zero-order chi connectivity index (χ0) is 20.2. The third kappa shape index (κ3) is 2.23. The molecule has 3 heterocycles. The highest BCUT2D eigenvalue weighted by Crippen LogP contribution is 2.51. The molecule has 3 amide bonds. The maximum Gasteiger partial charge on any atom is 0.318 e. The summed E-state index contributed by atoms with van der Waals surface area (Å²) in [4.78, 5) is 34.0. The Labute approximate surface area is 169 Å². The summed E-state index contributed by atoms with van der Waals surface area (Å²) in [5.74, 6) is -0.0992. The average Bonchev–Trinajstić information content (AvgIpc) is 3.23. The van der Waals surface area contributed by atoms with Crippen LogP contribution in [0, 0.1) is 0 Å². The topological polar surface area (TPSA) is 68.4 Å². The van der Waals surface area contributed by atoms with Crippen molar-refractivity contribution in [2.45, 2.75) is 25.3 Å². The summed E-state index contributed by atoms with van der Waals surface area (Å²) in [5, 5.41) is 4.11. The van der Waals surface area contributed by atoms with E-state index >= 15 is 0 Å². The van der Waals surface area contributed by atoms with Crippen LogP contribution < -0.4 is 10.2 Å². The summed E-state index contributed by atoms with van der Waals surface area (Å²) in [6, 6.07) is 15.7. The van der Waals surface area contributed by atoms with Crippen LogP contribution in [-0.2, 0) is 16.8 Å². The second-order valence-electron chi connectivity index (χ2n) is 7.75. The number of aromatic amines is 1. The number of anilines is 1. The predicted molar refractivity (Wildman–Crippen MR) is 113 cm³/mol. The van der Waals surface area contributed by atoms with Crippen LogP contribution in [0.3, 0.4) is 0 Å². The molecule has 0 saturated carbocycles. The Bertz CT molecular complexity index is 1130. The van der Waals surface area contributed by atoms with E-state index in [1.807, 2.05) is 49.4 Å². The van der Waals surface area contributed by atoms with Gasteiger partial charge in [0.1, 0.15) is 0 Å². The monoisotopic (exact) mass is 388 g/mol. The minimum absolute atomic E-state index is 0.0992. The first-order valence-corrected chi connectivity index (χ1v) is 10.1. The third-order valence-electron chi connectivity index (χ3n) is 6.21. The van der Waals surface area contributed by atoms with Gasteiger partial charge in [-0.2, -0.15) is 0 Å². The molecular weight excluding hydrogens is 364 g/mol. The van der Waals surface area contributed by atoms with Crippen LogP contribution in [0.4, 0.5) is 10.5 Å². The standard InChI is InChI=1S/C23H24N4O2/c1-3-13-24-22(29)27-14-12-16-15-8-4-6-10-18(15)25-20(16)23(27)17-9-5-7-11-19(17)26(2)21(23)28/h4-11,25H,3,12-14H2,1-2H3,(H,24,29)/t23-/m0/s1. The number of benzene rings is 2. The minimum atomic E-state index is -1.17. The third-order valence-corrected chi connectivity index (χ3v) is 6.21. The van der Waals surface area contributed by atoms with Crippen LogP contribution in [0.25, 0.3) is 10.9 Å². The van der Waals surface area contributed by atoms with Crippen LogP contribution in [0.2, 0.25) is 0 Å². The van der Waals surface area contributed by atoms with Crippen molar-refractivity contribution in [3.8, 4) is 0 Å². The number of nitrogens with one attached hydrogen (secondary N) is 2. The maximum absolute atomic E-state index is 13.9. The molecule has 148 valence electrons. The van der Waals surface area contributed by atoms with Crippen molar-refractivity contribution in [1.82, 2.24) is 15.2 Å². The Kier molecular flexibility index (Phi) is 3.91. The molecule has 3 aromatic rings. The van der Waals surface area contributed by atoms with Crippen molar-refractivity contribution in [3.63, 3.8) is 0 Å². The predicted octanol–water partition coefficient (Wildman–Crippen LogP) is 3.37. The molecule has 1 atom stereocenters. The number of carbonyl (C=O) groups is 2. The van der Waals surface area contributed by atoms with Gasteiger partial charge in [-0.05, 0) is 30.5 Å². The molecule has 29 heavy (non-hydrogen) atoms. The summed E-state index contributed by atoms with van der Waals surface area (Å²) in [6.07, 6.45) is 1.55. The lowest BCUT2D eigenvalue weighted by atomic mass is 9.80. The van der Waals surface area contributed by atoms with Gasteiger partial charge in [-0.3, -0.25) is 4.79 Å². The van der Waals surface area contributed by atoms with Crippen molar-refractivity contribution < 1.29 is 9.59 Å². The molecule has 2 aliphatic rings. The Morgan fingerprint density at radius 2 is 1.93 bits per heavy atom. The van der Waals surface area contributed by atoms with Crippen LogP contribution in [-0.4, -0.2) is 42.0 Å². The van der Waals surface area contributed by atoms with Gasteiger partial charge in [0.15, 0.2) is 5.54 Å². The van der Waals surface area contributed by atoms with Crippen LogP contribution in [0.15, 0.2) is 48.5 Å². The summed E-state index contributed by atoms with van der Waals surface area (Å²) in [5.41, 5.74) is 3.46. The Morgan fingerprint density at radius 3 is 2.76 bits per heavy atom. The van der Waals surface area contributed by atoms with Crippen LogP contribution in [0.5, 0.6) is 0 Å². The molecule has 5 rings (SSSR count). The summed E-state index contributed by atoms with van der Waals surface area (Å²) in [7, 11) is 1.79. The van der Waals surface area contributed by atoms with Gasteiger partial charge in [0.2, 0.25) is 0 Å². The Balaban J connectivity index is 1.81.